The molecule has 1 aliphatic rings. The van der Waals surface area contributed by atoms with Crippen molar-refractivity contribution in [3.63, 3.8) is 0 Å². The number of carbonyl (C=O) groups is 2. The molecule has 0 spiro atoms. The number of benzene rings is 2. The highest BCUT2D eigenvalue weighted by Gasteiger charge is 2.30. The third kappa shape index (κ3) is 6.30. The number of aromatic amines is 1. The molecule has 39 heavy (non-hydrogen) atoms. The quantitative estimate of drug-likeness (QED) is 0.284. The van der Waals surface area contributed by atoms with Crippen molar-refractivity contribution in [1.82, 2.24) is 20.1 Å². The molecule has 0 atom stereocenters. The highest BCUT2D eigenvalue weighted by molar-refractivity contribution is 7.09. The molecule has 1 fully saturated rings. The van der Waals surface area contributed by atoms with Crippen molar-refractivity contribution in [2.75, 3.05) is 24.1 Å². The van der Waals surface area contributed by atoms with E-state index < -0.39 is 17.8 Å². The van der Waals surface area contributed by atoms with E-state index in [0.717, 1.165) is 35.5 Å². The Balaban J connectivity index is 1.08. The molecule has 0 radical (unpaired) electrons. The lowest BCUT2D eigenvalue weighted by Crippen LogP contribution is -2.38. The fourth-order valence-corrected chi connectivity index (χ4v) is 5.40. The van der Waals surface area contributed by atoms with Gasteiger partial charge in [-0.3, -0.25) is 15.2 Å². The van der Waals surface area contributed by atoms with Gasteiger partial charge in [0, 0.05) is 36.5 Å². The number of hydrogen-bond donors (Lipinski definition) is 3. The number of amides is 2. The molecule has 1 saturated heterocycles. The van der Waals surface area contributed by atoms with Crippen LogP contribution < -0.4 is 15.8 Å². The second-order valence-electron chi connectivity index (χ2n) is 9.26. The Labute approximate surface area is 225 Å². The number of nitrogens with zero attached hydrogens (tertiary/aromatic N) is 3. The van der Waals surface area contributed by atoms with Gasteiger partial charge in [0.25, 0.3) is 0 Å². The fraction of sp³-hybridized carbons (Fsp3) is 0.308. The third-order valence-corrected chi connectivity index (χ3v) is 7.63. The first-order valence-corrected chi connectivity index (χ1v) is 13.2. The van der Waals surface area contributed by atoms with Gasteiger partial charge >= 0.3 is 12.3 Å². The molecule has 204 valence electrons. The molecular formula is C26H25F3N6O3S. The van der Waals surface area contributed by atoms with Gasteiger partial charge < -0.3 is 15.4 Å². The molecule has 3 heterocycles. The summed E-state index contributed by atoms with van der Waals surface area (Å²) < 4.78 is 43.5. The maximum absolute atomic E-state index is 12.7. The van der Waals surface area contributed by atoms with E-state index in [9.17, 15) is 22.8 Å². The van der Waals surface area contributed by atoms with Crippen LogP contribution in [0.5, 0.6) is 5.88 Å². The minimum Gasteiger partial charge on any atom is -0.390 e. The largest absolute Gasteiger partial charge is 0.418 e. The first kappa shape index (κ1) is 26.5. The number of anilines is 2. The number of aromatic nitrogens is 3. The van der Waals surface area contributed by atoms with Gasteiger partial charge in [-0.15, -0.1) is 11.3 Å². The van der Waals surface area contributed by atoms with Gasteiger partial charge in [-0.1, -0.05) is 12.1 Å². The highest BCUT2D eigenvalue weighted by atomic mass is 32.1. The topological polar surface area (TPSA) is 126 Å². The van der Waals surface area contributed by atoms with Crippen LogP contribution in [0, 0.1) is 0 Å². The summed E-state index contributed by atoms with van der Waals surface area (Å²) in [5.41, 5.74) is 7.06. The number of rotatable bonds is 6. The number of nitrogens with one attached hydrogen (secondary N) is 2. The van der Waals surface area contributed by atoms with E-state index in [1.54, 1.807) is 28.5 Å². The summed E-state index contributed by atoms with van der Waals surface area (Å²) in [6, 6.07) is 10.1. The zero-order chi connectivity index (χ0) is 27.6. The number of likely N-dealkylation sites (tertiary alicyclic amines) is 1. The lowest BCUT2D eigenvalue weighted by atomic mass is 9.97. The number of ether oxygens (including phenoxy) is 1. The Kier molecular flexibility index (Phi) is 7.42. The monoisotopic (exact) mass is 558 g/mol. The minimum absolute atomic E-state index is 0.0245. The molecule has 0 saturated carbocycles. The minimum atomic E-state index is -4.37. The Morgan fingerprint density at radius 1 is 1.15 bits per heavy atom. The Bertz CT molecular complexity index is 1480. The molecule has 5 rings (SSSR count). The van der Waals surface area contributed by atoms with E-state index in [1.807, 2.05) is 0 Å². The molecule has 4 N–H and O–H groups in total. The van der Waals surface area contributed by atoms with Gasteiger partial charge in [-0.2, -0.15) is 18.3 Å². The van der Waals surface area contributed by atoms with Crippen LogP contribution in [0.3, 0.4) is 0 Å². The molecule has 13 heteroatoms. The summed E-state index contributed by atoms with van der Waals surface area (Å²) in [7, 11) is 0. The molecule has 0 unspecified atom stereocenters. The van der Waals surface area contributed by atoms with Gasteiger partial charge in [0.2, 0.25) is 11.8 Å². The van der Waals surface area contributed by atoms with E-state index in [-0.39, 0.29) is 24.1 Å². The van der Waals surface area contributed by atoms with Crippen molar-refractivity contribution in [2.45, 2.75) is 37.8 Å². The Hall–Kier alpha value is -4.13. The number of fused-ring (bicyclic) bond motifs is 1. The van der Waals surface area contributed by atoms with Crippen LogP contribution in [-0.4, -0.2) is 45.2 Å². The summed E-state index contributed by atoms with van der Waals surface area (Å²) in [5.74, 6) is 0.647. The Morgan fingerprint density at radius 3 is 2.62 bits per heavy atom. The van der Waals surface area contributed by atoms with Crippen LogP contribution in [0.1, 0.15) is 41.3 Å². The molecular weight excluding hydrogens is 533 g/mol. The molecule has 2 amide bonds. The lowest BCUT2D eigenvalue weighted by molar-refractivity contribution is -0.137. The average Bonchev–Trinajstić information content (AvgIpc) is 3.53. The van der Waals surface area contributed by atoms with Crippen molar-refractivity contribution in [3.8, 4) is 5.88 Å². The van der Waals surface area contributed by atoms with Crippen molar-refractivity contribution in [3.05, 3.63) is 64.0 Å². The van der Waals surface area contributed by atoms with Crippen LogP contribution >= 0.6 is 11.3 Å². The number of thiazole rings is 1. The molecule has 1 aliphatic heterocycles. The number of H-pyrrole nitrogens is 1. The maximum Gasteiger partial charge on any atom is 0.418 e. The molecule has 4 aromatic rings. The number of piperidine rings is 1. The highest BCUT2D eigenvalue weighted by Crippen LogP contribution is 2.33. The number of alkyl halides is 3. The standard InChI is InChI=1S/C26H25F3N6O3S/c27-26(28,29)17-4-1-15(2-5-17)3-8-22(36)35-11-9-16(10-12-35)24-32-21(14-39-24)38-25(37)31-18-6-7-20-19(13-18)23(30)34-33-20/h1-2,4-7,13-14,16H,3,8-12H2,(H,31,37)(H3,30,33,34). The smallest absolute Gasteiger partial charge is 0.390 e. The maximum atomic E-state index is 12.7. The van der Waals surface area contributed by atoms with Gasteiger partial charge in [0.1, 0.15) is 0 Å². The number of carbonyl (C=O) groups excluding carboxylic acids is 2. The third-order valence-electron chi connectivity index (χ3n) is 6.64. The fourth-order valence-electron chi connectivity index (χ4n) is 4.50. The van der Waals surface area contributed by atoms with Gasteiger partial charge in [-0.25, -0.2) is 9.78 Å². The SMILES string of the molecule is Nc1n[nH]c2ccc(NC(=O)Oc3csc(C4CCN(C(=O)CCc5ccc(C(F)(F)F)cc5)CC4)n3)cc12. The number of aryl methyl sites for hydroxylation is 1. The van der Waals surface area contributed by atoms with Crippen LogP contribution in [0.4, 0.5) is 29.5 Å². The summed E-state index contributed by atoms with van der Waals surface area (Å²) in [6.07, 6.45) is -2.99. The predicted molar refractivity (Wildman–Crippen MR) is 141 cm³/mol. The number of halogens is 3. The zero-order valence-corrected chi connectivity index (χ0v) is 21.4. The van der Waals surface area contributed by atoms with Gasteiger partial charge in [-0.05, 0) is 55.2 Å². The van der Waals surface area contributed by atoms with E-state index in [2.05, 4.69) is 20.5 Å². The second-order valence-corrected chi connectivity index (χ2v) is 10.1. The van der Waals surface area contributed by atoms with Crippen molar-refractivity contribution in [2.24, 2.45) is 0 Å². The molecule has 0 aliphatic carbocycles. The summed E-state index contributed by atoms with van der Waals surface area (Å²) >= 11 is 1.40. The summed E-state index contributed by atoms with van der Waals surface area (Å²) in [5, 5.41) is 12.6. The predicted octanol–water partition coefficient (Wildman–Crippen LogP) is 5.57. The first-order valence-electron chi connectivity index (χ1n) is 12.3. The first-order chi connectivity index (χ1) is 18.7. The van der Waals surface area contributed by atoms with Crippen LogP contribution in [0.2, 0.25) is 0 Å². The molecule has 0 bridgehead atoms. The number of nitrogens with two attached hydrogens (primary N) is 1. The molecule has 2 aromatic carbocycles. The van der Waals surface area contributed by atoms with Crippen molar-refractivity contribution >= 4 is 45.7 Å². The number of hydrogen-bond acceptors (Lipinski definition) is 7. The number of nitrogen functional groups attached to an aromatic ring is 1. The van der Waals surface area contributed by atoms with Crippen molar-refractivity contribution < 1.29 is 27.5 Å². The van der Waals surface area contributed by atoms with Crippen molar-refractivity contribution in [1.29, 1.82) is 0 Å². The summed E-state index contributed by atoms with van der Waals surface area (Å²) in [4.78, 5) is 31.2. The van der Waals surface area contributed by atoms with Crippen LogP contribution in [0.25, 0.3) is 10.9 Å². The lowest BCUT2D eigenvalue weighted by Gasteiger charge is -2.31. The summed E-state index contributed by atoms with van der Waals surface area (Å²) in [6.45, 7) is 1.12. The van der Waals surface area contributed by atoms with Crippen LogP contribution in [-0.2, 0) is 17.4 Å². The van der Waals surface area contributed by atoms with E-state index >= 15 is 0 Å². The second kappa shape index (κ2) is 10.9. The van der Waals surface area contributed by atoms with Gasteiger partial charge in [0.05, 0.1) is 21.5 Å². The van der Waals surface area contributed by atoms with E-state index in [1.165, 1.54) is 23.5 Å². The molecule has 2 aromatic heterocycles. The van der Waals surface area contributed by atoms with E-state index in [4.69, 9.17) is 10.5 Å². The van der Waals surface area contributed by atoms with Gasteiger partial charge in [0.15, 0.2) is 5.82 Å². The zero-order valence-electron chi connectivity index (χ0n) is 20.6. The normalized spacial score (nSPS) is 14.5. The molecule has 9 nitrogen and oxygen atoms in total. The Morgan fingerprint density at radius 2 is 1.90 bits per heavy atom. The average molecular weight is 559 g/mol. The van der Waals surface area contributed by atoms with E-state index in [0.29, 0.717) is 42.0 Å². The van der Waals surface area contributed by atoms with Crippen LogP contribution in [0.15, 0.2) is 47.8 Å².